The maximum Gasteiger partial charge on any atom is 0.239 e. The topological polar surface area (TPSA) is 47.3 Å². The smallest absolute Gasteiger partial charge is 0.239 e. The number of carbonyl (C=O) groups is 1. The van der Waals surface area contributed by atoms with Crippen molar-refractivity contribution in [3.05, 3.63) is 35.9 Å². The summed E-state index contributed by atoms with van der Waals surface area (Å²) in [6.45, 7) is 5.45. The first-order valence-electron chi connectivity index (χ1n) is 8.66. The lowest BCUT2D eigenvalue weighted by atomic mass is 9.74. The third-order valence-corrected chi connectivity index (χ3v) is 5.51. The van der Waals surface area contributed by atoms with Crippen LogP contribution in [-0.2, 0) is 10.2 Å². The standard InChI is InChI=1S/C19H25N3O/c1-16(18(23)22-11-5-6-12-22)21-13-9-19(15-20,10-14-21)17-7-3-2-4-8-17/h2-4,7-8,16H,5-6,9-14H2,1H3. The molecule has 1 amide bonds. The first kappa shape index (κ1) is 16.0. The van der Waals surface area contributed by atoms with Crippen molar-refractivity contribution in [3.63, 3.8) is 0 Å². The van der Waals surface area contributed by atoms with E-state index < -0.39 is 5.41 Å². The van der Waals surface area contributed by atoms with Crippen LogP contribution in [0.4, 0.5) is 0 Å². The van der Waals surface area contributed by atoms with E-state index in [0.29, 0.717) is 0 Å². The average Bonchev–Trinajstić information content (AvgIpc) is 3.16. The summed E-state index contributed by atoms with van der Waals surface area (Å²) in [5.41, 5.74) is 0.717. The Bertz CT molecular complexity index is 578. The molecule has 2 fully saturated rings. The molecule has 2 heterocycles. The van der Waals surface area contributed by atoms with E-state index in [-0.39, 0.29) is 11.9 Å². The van der Waals surface area contributed by atoms with Crippen molar-refractivity contribution in [3.8, 4) is 6.07 Å². The van der Waals surface area contributed by atoms with E-state index in [2.05, 4.69) is 23.1 Å². The highest BCUT2D eigenvalue weighted by atomic mass is 16.2. The quantitative estimate of drug-likeness (QED) is 0.862. The van der Waals surface area contributed by atoms with Crippen molar-refractivity contribution in [1.82, 2.24) is 9.80 Å². The molecule has 1 unspecified atom stereocenters. The highest BCUT2D eigenvalue weighted by Gasteiger charge is 2.39. The van der Waals surface area contributed by atoms with E-state index in [0.717, 1.165) is 57.4 Å². The fourth-order valence-electron chi connectivity index (χ4n) is 3.87. The number of nitrogens with zero attached hydrogens (tertiary/aromatic N) is 3. The zero-order chi connectivity index (χ0) is 16.3. The third-order valence-electron chi connectivity index (χ3n) is 5.51. The number of hydrogen-bond acceptors (Lipinski definition) is 3. The molecule has 1 atom stereocenters. The fraction of sp³-hybridized carbons (Fsp3) is 0.579. The van der Waals surface area contributed by atoms with Crippen LogP contribution in [0.5, 0.6) is 0 Å². The number of amides is 1. The van der Waals surface area contributed by atoms with Gasteiger partial charge in [-0.2, -0.15) is 5.26 Å². The highest BCUT2D eigenvalue weighted by molar-refractivity contribution is 5.81. The van der Waals surface area contributed by atoms with E-state index in [1.54, 1.807) is 0 Å². The maximum atomic E-state index is 12.6. The minimum atomic E-state index is -0.395. The lowest BCUT2D eigenvalue weighted by Crippen LogP contribution is -2.51. The number of rotatable bonds is 3. The molecular weight excluding hydrogens is 286 g/mol. The highest BCUT2D eigenvalue weighted by Crippen LogP contribution is 2.35. The fourth-order valence-corrected chi connectivity index (χ4v) is 3.87. The molecule has 0 aliphatic carbocycles. The second kappa shape index (κ2) is 6.72. The summed E-state index contributed by atoms with van der Waals surface area (Å²) >= 11 is 0. The predicted molar refractivity (Wildman–Crippen MR) is 89.8 cm³/mol. The maximum absolute atomic E-state index is 12.6. The molecule has 4 heteroatoms. The third kappa shape index (κ3) is 3.11. The zero-order valence-corrected chi connectivity index (χ0v) is 13.9. The van der Waals surface area contributed by atoms with Crippen molar-refractivity contribution >= 4 is 5.91 Å². The molecule has 0 spiro atoms. The molecule has 0 N–H and O–H groups in total. The molecule has 0 aromatic heterocycles. The van der Waals surface area contributed by atoms with Crippen LogP contribution < -0.4 is 0 Å². The molecule has 2 saturated heterocycles. The minimum absolute atomic E-state index is 0.0689. The second-order valence-electron chi connectivity index (χ2n) is 6.80. The Balaban J connectivity index is 1.65. The van der Waals surface area contributed by atoms with Crippen LogP contribution in [0.2, 0.25) is 0 Å². The Labute approximate surface area is 138 Å². The van der Waals surface area contributed by atoms with E-state index in [1.165, 1.54) is 0 Å². The van der Waals surface area contributed by atoms with Gasteiger partial charge >= 0.3 is 0 Å². The first-order valence-corrected chi connectivity index (χ1v) is 8.66. The van der Waals surface area contributed by atoms with Crippen molar-refractivity contribution in [2.75, 3.05) is 26.2 Å². The Kier molecular flexibility index (Phi) is 4.68. The van der Waals surface area contributed by atoms with Crippen LogP contribution in [0.25, 0.3) is 0 Å². The average molecular weight is 311 g/mol. The summed E-state index contributed by atoms with van der Waals surface area (Å²) in [7, 11) is 0. The Morgan fingerprint density at radius 3 is 2.30 bits per heavy atom. The van der Waals surface area contributed by atoms with Crippen LogP contribution in [0, 0.1) is 11.3 Å². The SMILES string of the molecule is CC(C(=O)N1CCCC1)N1CCC(C#N)(c2ccccc2)CC1. The van der Waals surface area contributed by atoms with Crippen LogP contribution >= 0.6 is 0 Å². The van der Waals surface area contributed by atoms with Crippen molar-refractivity contribution in [2.24, 2.45) is 0 Å². The van der Waals surface area contributed by atoms with Gasteiger partial charge in [0.2, 0.25) is 5.91 Å². The Hall–Kier alpha value is -1.86. The second-order valence-corrected chi connectivity index (χ2v) is 6.80. The summed E-state index contributed by atoms with van der Waals surface area (Å²) in [5, 5.41) is 9.76. The van der Waals surface area contributed by atoms with Gasteiger partial charge in [0.25, 0.3) is 0 Å². The molecule has 122 valence electrons. The number of likely N-dealkylation sites (tertiary alicyclic amines) is 2. The molecular formula is C19H25N3O. The first-order chi connectivity index (χ1) is 11.2. The summed E-state index contributed by atoms with van der Waals surface area (Å²) in [4.78, 5) is 16.8. The van der Waals surface area contributed by atoms with E-state index in [1.807, 2.05) is 30.0 Å². The van der Waals surface area contributed by atoms with Crippen LogP contribution in [0.15, 0.2) is 30.3 Å². The molecule has 0 saturated carbocycles. The molecule has 2 aliphatic heterocycles. The van der Waals surface area contributed by atoms with Gasteiger partial charge in [-0.25, -0.2) is 0 Å². The number of piperidine rings is 1. The van der Waals surface area contributed by atoms with Crippen molar-refractivity contribution in [1.29, 1.82) is 5.26 Å². The Morgan fingerprint density at radius 1 is 1.13 bits per heavy atom. The summed E-state index contributed by atoms with van der Waals surface area (Å²) in [6, 6.07) is 12.6. The lowest BCUT2D eigenvalue weighted by Gasteiger charge is -2.40. The summed E-state index contributed by atoms with van der Waals surface area (Å²) in [5.74, 6) is 0.256. The summed E-state index contributed by atoms with van der Waals surface area (Å²) in [6.07, 6.45) is 3.85. The van der Waals surface area contributed by atoms with Crippen LogP contribution in [-0.4, -0.2) is 47.9 Å². The Morgan fingerprint density at radius 2 is 1.74 bits per heavy atom. The normalized spacial score (nSPS) is 22.5. The van der Waals surface area contributed by atoms with Gasteiger partial charge in [0.05, 0.1) is 17.5 Å². The predicted octanol–water partition coefficient (Wildman–Crippen LogP) is 2.55. The van der Waals surface area contributed by atoms with Crippen LogP contribution in [0.1, 0.15) is 38.2 Å². The number of carbonyl (C=O) groups excluding carboxylic acids is 1. The molecule has 0 bridgehead atoms. The zero-order valence-electron chi connectivity index (χ0n) is 13.9. The number of nitriles is 1. The van der Waals surface area contributed by atoms with Gasteiger partial charge in [0.15, 0.2) is 0 Å². The molecule has 4 nitrogen and oxygen atoms in total. The molecule has 23 heavy (non-hydrogen) atoms. The van der Waals surface area contributed by atoms with Gasteiger partial charge in [-0.15, -0.1) is 0 Å². The largest absolute Gasteiger partial charge is 0.341 e. The number of benzene rings is 1. The van der Waals surface area contributed by atoms with Gasteiger partial charge in [-0.05, 0) is 38.2 Å². The van der Waals surface area contributed by atoms with Gasteiger partial charge in [0.1, 0.15) is 0 Å². The monoisotopic (exact) mass is 311 g/mol. The lowest BCUT2D eigenvalue weighted by molar-refractivity contribution is -0.135. The molecule has 1 aromatic rings. The van der Waals surface area contributed by atoms with E-state index in [9.17, 15) is 10.1 Å². The van der Waals surface area contributed by atoms with Crippen molar-refractivity contribution < 1.29 is 4.79 Å². The molecule has 3 rings (SSSR count). The van der Waals surface area contributed by atoms with Gasteiger partial charge in [-0.1, -0.05) is 30.3 Å². The van der Waals surface area contributed by atoms with E-state index >= 15 is 0 Å². The van der Waals surface area contributed by atoms with Crippen molar-refractivity contribution in [2.45, 2.75) is 44.1 Å². The van der Waals surface area contributed by atoms with E-state index in [4.69, 9.17) is 0 Å². The van der Waals surface area contributed by atoms with Gasteiger partial charge in [-0.3, -0.25) is 9.69 Å². The summed E-state index contributed by atoms with van der Waals surface area (Å²) < 4.78 is 0. The number of hydrogen-bond donors (Lipinski definition) is 0. The minimum Gasteiger partial charge on any atom is -0.341 e. The molecule has 1 aromatic carbocycles. The van der Waals surface area contributed by atoms with Crippen LogP contribution in [0.3, 0.4) is 0 Å². The van der Waals surface area contributed by atoms with Gasteiger partial charge in [0, 0.05) is 26.2 Å². The molecule has 2 aliphatic rings. The molecule has 0 radical (unpaired) electrons. The van der Waals surface area contributed by atoms with Gasteiger partial charge < -0.3 is 4.90 Å².